The lowest BCUT2D eigenvalue weighted by molar-refractivity contribution is -0.364. The molecular weight excluding hydrogens is 379 g/mol. The Labute approximate surface area is 162 Å². The summed E-state index contributed by atoms with van der Waals surface area (Å²) >= 11 is 0. The van der Waals surface area contributed by atoms with Crippen molar-refractivity contribution in [2.75, 3.05) is 0 Å². The minimum absolute atomic E-state index is 0.0106. The first-order chi connectivity index (χ1) is 12.8. The van der Waals surface area contributed by atoms with Gasteiger partial charge in [-0.3, -0.25) is 0 Å². The second-order valence-corrected chi connectivity index (χ2v) is 10.5. The smallest absolute Gasteiger partial charge is 0.393 e. The van der Waals surface area contributed by atoms with Crippen molar-refractivity contribution < 1.29 is 32.2 Å². The molecule has 0 saturated heterocycles. The van der Waals surface area contributed by atoms with Gasteiger partial charge in [0.05, 0.1) is 6.10 Å². The maximum absolute atomic E-state index is 14.4. The monoisotopic (exact) mass is 410 g/mol. The van der Waals surface area contributed by atoms with Gasteiger partial charge in [-0.05, 0) is 86.9 Å². The number of halogens is 5. The highest BCUT2D eigenvalue weighted by Gasteiger charge is 2.79. The SMILES string of the molecule is C[C@]12CCC(O)CC1CC[C@@H]1[C@H]2CC[C@@]2(C)[C@H]1CCC2(O)C(F)(F)C(F)(F)F. The van der Waals surface area contributed by atoms with Gasteiger partial charge in [0.25, 0.3) is 0 Å². The summed E-state index contributed by atoms with van der Waals surface area (Å²) in [6.07, 6.45) is -1.47. The molecule has 7 heteroatoms. The number of fused-ring (bicyclic) bond motifs is 5. The molecular formula is C21H31F5O2. The van der Waals surface area contributed by atoms with Gasteiger partial charge in [-0.25, -0.2) is 0 Å². The van der Waals surface area contributed by atoms with Crippen molar-refractivity contribution in [2.45, 2.75) is 95.4 Å². The fourth-order valence-corrected chi connectivity index (χ4v) is 8.00. The van der Waals surface area contributed by atoms with Crippen molar-refractivity contribution in [3.8, 4) is 0 Å². The van der Waals surface area contributed by atoms with Gasteiger partial charge < -0.3 is 10.2 Å². The average molecular weight is 410 g/mol. The molecule has 0 bridgehead atoms. The molecule has 4 fully saturated rings. The van der Waals surface area contributed by atoms with E-state index in [1.165, 1.54) is 6.92 Å². The van der Waals surface area contributed by atoms with Gasteiger partial charge in [-0.1, -0.05) is 13.8 Å². The van der Waals surface area contributed by atoms with Crippen molar-refractivity contribution in [1.82, 2.24) is 0 Å². The Morgan fingerprint density at radius 1 is 0.821 bits per heavy atom. The lowest BCUT2D eigenvalue weighted by Crippen LogP contribution is -2.66. The average Bonchev–Trinajstić information content (AvgIpc) is 2.87. The lowest BCUT2D eigenvalue weighted by atomic mass is 9.44. The standard InChI is InChI=1S/C21H31F5O2/c1-17-8-5-13(27)11-12(17)3-4-14-15(17)6-9-18(2)16(14)7-10-19(18,28)20(22,23)21(24,25)26/h12-16,27-28H,3-11H2,1-2H3/t12?,13?,14-,15-,16+,17+,18+,19?/m1/s1. The maximum Gasteiger partial charge on any atom is 0.456 e. The number of hydrogen-bond donors (Lipinski definition) is 2. The molecule has 0 aromatic carbocycles. The summed E-state index contributed by atoms with van der Waals surface area (Å²) in [4.78, 5) is 0. The summed E-state index contributed by atoms with van der Waals surface area (Å²) in [5, 5.41) is 20.9. The maximum atomic E-state index is 14.4. The first kappa shape index (κ1) is 20.8. The summed E-state index contributed by atoms with van der Waals surface area (Å²) in [7, 11) is 0. The molecule has 28 heavy (non-hydrogen) atoms. The van der Waals surface area contributed by atoms with E-state index in [4.69, 9.17) is 0 Å². The van der Waals surface area contributed by atoms with Crippen LogP contribution in [0.4, 0.5) is 22.0 Å². The third-order valence-electron chi connectivity index (χ3n) is 9.67. The van der Waals surface area contributed by atoms with Gasteiger partial charge in [-0.2, -0.15) is 22.0 Å². The van der Waals surface area contributed by atoms with E-state index in [2.05, 4.69) is 6.92 Å². The largest absolute Gasteiger partial charge is 0.456 e. The molecule has 4 aliphatic rings. The van der Waals surface area contributed by atoms with Crippen LogP contribution in [-0.4, -0.2) is 34.0 Å². The van der Waals surface area contributed by atoms with Gasteiger partial charge in [-0.15, -0.1) is 0 Å². The van der Waals surface area contributed by atoms with Gasteiger partial charge in [0.1, 0.15) is 5.60 Å². The molecule has 0 heterocycles. The number of hydrogen-bond acceptors (Lipinski definition) is 2. The van der Waals surface area contributed by atoms with E-state index < -0.39 is 29.5 Å². The number of rotatable bonds is 1. The minimum Gasteiger partial charge on any atom is -0.393 e. The van der Waals surface area contributed by atoms with Gasteiger partial charge >= 0.3 is 12.1 Å². The van der Waals surface area contributed by atoms with Crippen LogP contribution in [0.2, 0.25) is 0 Å². The predicted octanol–water partition coefficient (Wildman–Crippen LogP) is 5.32. The summed E-state index contributed by atoms with van der Waals surface area (Å²) in [6.45, 7) is 3.70. The van der Waals surface area contributed by atoms with Crippen molar-refractivity contribution in [3.05, 3.63) is 0 Å². The van der Waals surface area contributed by atoms with Gasteiger partial charge in [0.15, 0.2) is 0 Å². The molecule has 162 valence electrons. The van der Waals surface area contributed by atoms with E-state index in [9.17, 15) is 32.2 Å². The van der Waals surface area contributed by atoms with Crippen LogP contribution in [0.5, 0.6) is 0 Å². The zero-order valence-corrected chi connectivity index (χ0v) is 16.5. The fraction of sp³-hybridized carbons (Fsp3) is 1.00. The second kappa shape index (κ2) is 6.05. The highest BCUT2D eigenvalue weighted by molar-refractivity contribution is 5.19. The molecule has 3 unspecified atom stereocenters. The van der Waals surface area contributed by atoms with E-state index in [0.29, 0.717) is 12.3 Å². The van der Waals surface area contributed by atoms with Crippen molar-refractivity contribution in [1.29, 1.82) is 0 Å². The van der Waals surface area contributed by atoms with Crippen LogP contribution in [0.25, 0.3) is 0 Å². The summed E-state index contributed by atoms with van der Waals surface area (Å²) in [5.74, 6) is -4.67. The third-order valence-corrected chi connectivity index (χ3v) is 9.67. The molecule has 0 spiro atoms. The van der Waals surface area contributed by atoms with Gasteiger partial charge in [0.2, 0.25) is 0 Å². The molecule has 4 aliphatic carbocycles. The highest BCUT2D eigenvalue weighted by Crippen LogP contribution is 2.71. The van der Waals surface area contributed by atoms with Gasteiger partial charge in [0, 0.05) is 5.41 Å². The Bertz CT molecular complexity index is 637. The van der Waals surface area contributed by atoms with Crippen LogP contribution in [-0.2, 0) is 0 Å². The molecule has 4 saturated carbocycles. The number of alkyl halides is 5. The topological polar surface area (TPSA) is 40.5 Å². The molecule has 8 atom stereocenters. The zero-order chi connectivity index (χ0) is 20.8. The molecule has 0 amide bonds. The molecule has 0 aromatic heterocycles. The van der Waals surface area contributed by atoms with E-state index >= 15 is 0 Å². The van der Waals surface area contributed by atoms with Crippen LogP contribution < -0.4 is 0 Å². The Morgan fingerprint density at radius 2 is 1.46 bits per heavy atom. The van der Waals surface area contributed by atoms with E-state index in [1.807, 2.05) is 0 Å². The lowest BCUT2D eigenvalue weighted by Gasteiger charge is -2.62. The van der Waals surface area contributed by atoms with Crippen molar-refractivity contribution in [2.24, 2.45) is 34.5 Å². The summed E-state index contributed by atoms with van der Waals surface area (Å²) in [6, 6.07) is 0. The first-order valence-corrected chi connectivity index (χ1v) is 10.6. The normalized spacial score (nSPS) is 52.0. The first-order valence-electron chi connectivity index (χ1n) is 10.6. The van der Waals surface area contributed by atoms with Crippen molar-refractivity contribution >= 4 is 0 Å². The van der Waals surface area contributed by atoms with Crippen LogP contribution in [0.3, 0.4) is 0 Å². The van der Waals surface area contributed by atoms with E-state index in [1.54, 1.807) is 0 Å². The Hall–Kier alpha value is -0.430. The highest BCUT2D eigenvalue weighted by atomic mass is 19.4. The van der Waals surface area contributed by atoms with E-state index in [0.717, 1.165) is 32.1 Å². The Morgan fingerprint density at radius 3 is 2.11 bits per heavy atom. The van der Waals surface area contributed by atoms with Crippen LogP contribution >= 0.6 is 0 Å². The molecule has 0 aromatic rings. The third kappa shape index (κ3) is 2.44. The summed E-state index contributed by atoms with van der Waals surface area (Å²) in [5.41, 5.74) is -4.45. The quantitative estimate of drug-likeness (QED) is 0.575. The number of aliphatic hydroxyl groups is 2. The molecule has 4 rings (SSSR count). The Kier molecular flexibility index (Phi) is 4.50. The Balaban J connectivity index is 1.66. The van der Waals surface area contributed by atoms with Crippen LogP contribution in [0.15, 0.2) is 0 Å². The molecule has 0 radical (unpaired) electrons. The predicted molar refractivity (Wildman–Crippen MR) is 93.7 cm³/mol. The zero-order valence-electron chi connectivity index (χ0n) is 16.5. The summed E-state index contributed by atoms with van der Waals surface area (Å²) < 4.78 is 68.4. The molecule has 2 N–H and O–H groups in total. The van der Waals surface area contributed by atoms with Crippen LogP contribution in [0.1, 0.15) is 71.6 Å². The molecule has 2 nitrogen and oxygen atoms in total. The van der Waals surface area contributed by atoms with Crippen LogP contribution in [0, 0.1) is 34.5 Å². The number of aliphatic hydroxyl groups excluding tert-OH is 1. The second-order valence-electron chi connectivity index (χ2n) is 10.5. The molecule has 0 aliphatic heterocycles. The fourth-order valence-electron chi connectivity index (χ4n) is 8.00. The van der Waals surface area contributed by atoms with E-state index in [-0.39, 0.29) is 42.1 Å². The minimum atomic E-state index is -5.75. The van der Waals surface area contributed by atoms with Crippen molar-refractivity contribution in [3.63, 3.8) is 0 Å².